The Morgan fingerprint density at radius 2 is 2.11 bits per heavy atom. The summed E-state index contributed by atoms with van der Waals surface area (Å²) in [6.07, 6.45) is 0.317. The van der Waals surface area contributed by atoms with E-state index in [1.54, 1.807) is 14.0 Å². The molecule has 2 N–H and O–H groups in total. The molecule has 4 nitrogen and oxygen atoms in total. The number of aliphatic hydroxyl groups is 1. The van der Waals surface area contributed by atoms with E-state index < -0.39 is 0 Å². The molecule has 0 spiro atoms. The minimum Gasteiger partial charge on any atom is -0.493 e. The van der Waals surface area contributed by atoms with Gasteiger partial charge >= 0.3 is 0 Å². The number of methoxy groups -OCH3 is 1. The maximum absolute atomic E-state index is 9.26. The summed E-state index contributed by atoms with van der Waals surface area (Å²) in [5.41, 5.74) is 2.26. The zero-order valence-electron chi connectivity index (χ0n) is 12.1. The molecular formula is C15H25NO3. The third-order valence-electron chi connectivity index (χ3n) is 2.87. The quantitative estimate of drug-likeness (QED) is 0.671. The number of hydrogen-bond donors (Lipinski definition) is 2. The van der Waals surface area contributed by atoms with E-state index in [-0.39, 0.29) is 6.10 Å². The lowest BCUT2D eigenvalue weighted by Gasteiger charge is -2.15. The zero-order chi connectivity index (χ0) is 14.1. The van der Waals surface area contributed by atoms with Crippen LogP contribution < -0.4 is 10.1 Å². The molecule has 0 heterocycles. The molecule has 1 unspecified atom stereocenters. The van der Waals surface area contributed by atoms with Crippen molar-refractivity contribution in [2.75, 3.05) is 26.9 Å². The maximum atomic E-state index is 9.26. The highest BCUT2D eigenvalue weighted by atomic mass is 16.5. The zero-order valence-corrected chi connectivity index (χ0v) is 12.1. The number of para-hydroxylation sites is 1. The third kappa shape index (κ3) is 6.05. The largest absolute Gasteiger partial charge is 0.493 e. The number of hydrogen-bond acceptors (Lipinski definition) is 4. The number of rotatable bonds is 9. The summed E-state index contributed by atoms with van der Waals surface area (Å²) in [6, 6.07) is 6.13. The van der Waals surface area contributed by atoms with E-state index in [0.29, 0.717) is 19.6 Å². The van der Waals surface area contributed by atoms with Crippen molar-refractivity contribution < 1.29 is 14.6 Å². The molecule has 1 aromatic carbocycles. The van der Waals surface area contributed by atoms with Crippen LogP contribution in [0.5, 0.6) is 5.75 Å². The fraction of sp³-hybridized carbons (Fsp3) is 0.600. The van der Waals surface area contributed by atoms with Gasteiger partial charge in [-0.25, -0.2) is 0 Å². The SMILES string of the molecule is COCCNCc1cccc(C)c1OCCC(C)O. The molecule has 0 bridgehead atoms. The Morgan fingerprint density at radius 1 is 1.32 bits per heavy atom. The van der Waals surface area contributed by atoms with Crippen LogP contribution in [-0.4, -0.2) is 38.1 Å². The summed E-state index contributed by atoms with van der Waals surface area (Å²) in [5.74, 6) is 0.924. The first-order chi connectivity index (χ1) is 9.15. The van der Waals surface area contributed by atoms with Gasteiger partial charge in [-0.1, -0.05) is 18.2 Å². The minimum atomic E-state index is -0.327. The van der Waals surface area contributed by atoms with E-state index in [0.717, 1.165) is 30.0 Å². The lowest BCUT2D eigenvalue weighted by Crippen LogP contribution is -2.19. The van der Waals surface area contributed by atoms with Gasteiger partial charge in [0.1, 0.15) is 5.75 Å². The molecule has 0 radical (unpaired) electrons. The molecule has 108 valence electrons. The van der Waals surface area contributed by atoms with Gasteiger partial charge < -0.3 is 19.9 Å². The Bertz CT molecular complexity index is 366. The van der Waals surface area contributed by atoms with Crippen LogP contribution in [0.4, 0.5) is 0 Å². The van der Waals surface area contributed by atoms with Crippen molar-refractivity contribution in [1.29, 1.82) is 0 Å². The van der Waals surface area contributed by atoms with Gasteiger partial charge in [-0.15, -0.1) is 0 Å². The summed E-state index contributed by atoms with van der Waals surface area (Å²) >= 11 is 0. The molecule has 0 aliphatic rings. The molecular weight excluding hydrogens is 242 g/mol. The lowest BCUT2D eigenvalue weighted by molar-refractivity contribution is 0.155. The van der Waals surface area contributed by atoms with E-state index >= 15 is 0 Å². The summed E-state index contributed by atoms with van der Waals surface area (Å²) < 4.78 is 10.8. The van der Waals surface area contributed by atoms with Gasteiger partial charge in [0, 0.05) is 32.2 Å². The Kier molecular flexibility index (Phi) is 7.48. The summed E-state index contributed by atoms with van der Waals surface area (Å²) in [4.78, 5) is 0. The number of benzene rings is 1. The van der Waals surface area contributed by atoms with Gasteiger partial charge in [-0.05, 0) is 19.4 Å². The van der Waals surface area contributed by atoms with Crippen LogP contribution in [0.15, 0.2) is 18.2 Å². The predicted molar refractivity (Wildman–Crippen MR) is 76.6 cm³/mol. The van der Waals surface area contributed by atoms with Crippen LogP contribution in [0.3, 0.4) is 0 Å². The Morgan fingerprint density at radius 3 is 2.79 bits per heavy atom. The Labute approximate surface area is 115 Å². The normalized spacial score (nSPS) is 12.4. The second-order valence-electron chi connectivity index (χ2n) is 4.72. The van der Waals surface area contributed by atoms with E-state index in [4.69, 9.17) is 9.47 Å². The smallest absolute Gasteiger partial charge is 0.126 e. The number of nitrogens with one attached hydrogen (secondary N) is 1. The highest BCUT2D eigenvalue weighted by Crippen LogP contribution is 2.23. The Hall–Kier alpha value is -1.10. The molecule has 0 aromatic heterocycles. The number of aryl methyl sites for hydroxylation is 1. The Balaban J connectivity index is 2.56. The van der Waals surface area contributed by atoms with Crippen molar-refractivity contribution in [1.82, 2.24) is 5.32 Å². The second kappa shape index (κ2) is 8.91. The molecule has 19 heavy (non-hydrogen) atoms. The molecule has 1 aromatic rings. The van der Waals surface area contributed by atoms with Crippen LogP contribution in [0, 0.1) is 6.92 Å². The molecule has 1 rings (SSSR count). The molecule has 0 amide bonds. The maximum Gasteiger partial charge on any atom is 0.126 e. The van der Waals surface area contributed by atoms with E-state index in [1.807, 2.05) is 19.1 Å². The molecule has 0 aliphatic carbocycles. The van der Waals surface area contributed by atoms with Crippen molar-refractivity contribution in [2.24, 2.45) is 0 Å². The molecule has 0 saturated heterocycles. The minimum absolute atomic E-state index is 0.327. The predicted octanol–water partition coefficient (Wildman–Crippen LogP) is 1.88. The lowest BCUT2D eigenvalue weighted by atomic mass is 10.1. The molecule has 4 heteroatoms. The van der Waals surface area contributed by atoms with Crippen LogP contribution >= 0.6 is 0 Å². The fourth-order valence-corrected chi connectivity index (χ4v) is 1.79. The fourth-order valence-electron chi connectivity index (χ4n) is 1.79. The number of ether oxygens (including phenoxy) is 2. The van der Waals surface area contributed by atoms with E-state index in [2.05, 4.69) is 11.4 Å². The van der Waals surface area contributed by atoms with Crippen LogP contribution in [0.25, 0.3) is 0 Å². The van der Waals surface area contributed by atoms with Gasteiger partial charge in [0.05, 0.1) is 19.3 Å². The second-order valence-corrected chi connectivity index (χ2v) is 4.72. The van der Waals surface area contributed by atoms with Gasteiger partial charge in [-0.2, -0.15) is 0 Å². The molecule has 0 fully saturated rings. The van der Waals surface area contributed by atoms with Crippen molar-refractivity contribution in [3.63, 3.8) is 0 Å². The topological polar surface area (TPSA) is 50.7 Å². The summed E-state index contributed by atoms with van der Waals surface area (Å²) in [7, 11) is 1.69. The van der Waals surface area contributed by atoms with Crippen LogP contribution in [-0.2, 0) is 11.3 Å². The van der Waals surface area contributed by atoms with Crippen molar-refractivity contribution in [3.05, 3.63) is 29.3 Å². The standard InChI is InChI=1S/C15H25NO3/c1-12-5-4-6-14(11-16-8-10-18-3)15(12)19-9-7-13(2)17/h4-6,13,16-17H,7-11H2,1-3H3. The third-order valence-corrected chi connectivity index (χ3v) is 2.87. The highest BCUT2D eigenvalue weighted by molar-refractivity contribution is 5.40. The number of aliphatic hydroxyl groups excluding tert-OH is 1. The van der Waals surface area contributed by atoms with Gasteiger partial charge in [0.15, 0.2) is 0 Å². The first-order valence-corrected chi connectivity index (χ1v) is 6.74. The van der Waals surface area contributed by atoms with Crippen molar-refractivity contribution in [3.8, 4) is 5.75 Å². The summed E-state index contributed by atoms with van der Waals surface area (Å²) in [5, 5.41) is 12.6. The average molecular weight is 267 g/mol. The molecule has 1 atom stereocenters. The van der Waals surface area contributed by atoms with Crippen LogP contribution in [0.1, 0.15) is 24.5 Å². The van der Waals surface area contributed by atoms with Gasteiger partial charge in [0.25, 0.3) is 0 Å². The summed E-state index contributed by atoms with van der Waals surface area (Å²) in [6.45, 7) is 6.62. The van der Waals surface area contributed by atoms with Gasteiger partial charge in [0.2, 0.25) is 0 Å². The van der Waals surface area contributed by atoms with E-state index in [1.165, 1.54) is 0 Å². The van der Waals surface area contributed by atoms with Gasteiger partial charge in [-0.3, -0.25) is 0 Å². The monoisotopic (exact) mass is 267 g/mol. The van der Waals surface area contributed by atoms with Crippen LogP contribution in [0.2, 0.25) is 0 Å². The van der Waals surface area contributed by atoms with Crippen molar-refractivity contribution in [2.45, 2.75) is 32.9 Å². The van der Waals surface area contributed by atoms with Crippen molar-refractivity contribution >= 4 is 0 Å². The first-order valence-electron chi connectivity index (χ1n) is 6.74. The average Bonchev–Trinajstić information content (AvgIpc) is 2.37. The first kappa shape index (κ1) is 16.0. The highest BCUT2D eigenvalue weighted by Gasteiger charge is 2.07. The molecule has 0 aliphatic heterocycles. The van der Waals surface area contributed by atoms with E-state index in [9.17, 15) is 5.11 Å². The molecule has 0 saturated carbocycles.